The minimum Gasteiger partial charge on any atom is -0.475 e. The van der Waals surface area contributed by atoms with Crippen LogP contribution in [-0.2, 0) is 4.74 Å². The van der Waals surface area contributed by atoms with Crippen molar-refractivity contribution in [1.82, 2.24) is 5.16 Å². The third kappa shape index (κ3) is 1.98. The summed E-state index contributed by atoms with van der Waals surface area (Å²) < 4.78 is 10.1. The highest BCUT2D eigenvalue weighted by atomic mass is 35.5. The van der Waals surface area contributed by atoms with Crippen LogP contribution in [0.15, 0.2) is 4.52 Å². The largest absolute Gasteiger partial charge is 0.475 e. The third-order valence-corrected chi connectivity index (χ3v) is 2.65. The molecule has 0 amide bonds. The van der Waals surface area contributed by atoms with Crippen LogP contribution in [0.5, 0.6) is 0 Å². The number of aromatic carboxylic acids is 1. The van der Waals surface area contributed by atoms with Crippen molar-refractivity contribution >= 4 is 17.6 Å². The van der Waals surface area contributed by atoms with Crippen molar-refractivity contribution in [2.45, 2.75) is 25.4 Å². The van der Waals surface area contributed by atoms with Gasteiger partial charge < -0.3 is 14.4 Å². The Balaban J connectivity index is 2.32. The van der Waals surface area contributed by atoms with Gasteiger partial charge in [0.25, 0.3) is 5.76 Å². The molecule has 0 bridgehead atoms. The number of carboxylic acid groups (broad SMARTS) is 1. The molecular weight excluding hydrogens is 222 g/mol. The summed E-state index contributed by atoms with van der Waals surface area (Å²) in [4.78, 5) is 10.8. The molecule has 2 rings (SSSR count). The lowest BCUT2D eigenvalue weighted by atomic mass is 10.0. The average molecular weight is 232 g/mol. The Morgan fingerprint density at radius 3 is 2.93 bits per heavy atom. The second kappa shape index (κ2) is 4.20. The number of hydrogen-bond donors (Lipinski definition) is 1. The van der Waals surface area contributed by atoms with Crippen LogP contribution in [0, 0.1) is 0 Å². The van der Waals surface area contributed by atoms with Crippen molar-refractivity contribution in [3.63, 3.8) is 0 Å². The highest BCUT2D eigenvalue weighted by Crippen LogP contribution is 2.34. The average Bonchev–Trinajstić information content (AvgIpc) is 2.61. The standard InChI is InChI=1S/C9H10ClNO4/c10-8-6(5-3-1-2-4-14-5)7(9(12)13)15-11-8/h5H,1-4H2,(H,12,13). The molecule has 1 atom stereocenters. The van der Waals surface area contributed by atoms with Crippen molar-refractivity contribution in [3.05, 3.63) is 16.5 Å². The fourth-order valence-corrected chi connectivity index (χ4v) is 1.92. The van der Waals surface area contributed by atoms with Crippen molar-refractivity contribution in [1.29, 1.82) is 0 Å². The molecular formula is C9H10ClNO4. The summed E-state index contributed by atoms with van der Waals surface area (Å²) in [6, 6.07) is 0. The van der Waals surface area contributed by atoms with Gasteiger partial charge in [0.2, 0.25) is 0 Å². The first-order chi connectivity index (χ1) is 7.20. The lowest BCUT2D eigenvalue weighted by Crippen LogP contribution is -2.14. The van der Waals surface area contributed by atoms with Crippen LogP contribution in [0.25, 0.3) is 0 Å². The second-order valence-corrected chi connectivity index (χ2v) is 3.73. The summed E-state index contributed by atoms with van der Waals surface area (Å²) in [6.45, 7) is 0.616. The van der Waals surface area contributed by atoms with E-state index in [9.17, 15) is 4.79 Å². The van der Waals surface area contributed by atoms with Gasteiger partial charge in [0.05, 0.1) is 11.7 Å². The maximum absolute atomic E-state index is 10.8. The zero-order chi connectivity index (χ0) is 10.8. The molecule has 0 radical (unpaired) electrons. The van der Waals surface area contributed by atoms with Crippen LogP contribution in [0.1, 0.15) is 41.5 Å². The summed E-state index contributed by atoms with van der Waals surface area (Å²) in [5.41, 5.74) is 0.365. The van der Waals surface area contributed by atoms with Gasteiger partial charge in [-0.05, 0) is 19.3 Å². The molecule has 1 aliphatic heterocycles. The van der Waals surface area contributed by atoms with Gasteiger partial charge in [-0.25, -0.2) is 4.79 Å². The van der Waals surface area contributed by atoms with Crippen molar-refractivity contribution < 1.29 is 19.2 Å². The minimum absolute atomic E-state index is 0.0827. The van der Waals surface area contributed by atoms with Gasteiger partial charge in [-0.2, -0.15) is 0 Å². The fraction of sp³-hybridized carbons (Fsp3) is 0.556. The summed E-state index contributed by atoms with van der Waals surface area (Å²) in [5, 5.41) is 12.4. The number of ether oxygens (including phenoxy) is 1. The lowest BCUT2D eigenvalue weighted by Gasteiger charge is -2.21. The van der Waals surface area contributed by atoms with E-state index in [1.165, 1.54) is 0 Å². The molecule has 1 aromatic heterocycles. The molecule has 15 heavy (non-hydrogen) atoms. The minimum atomic E-state index is -1.17. The fourth-order valence-electron chi connectivity index (χ4n) is 1.68. The SMILES string of the molecule is O=C(O)c1onc(Cl)c1C1CCCCO1. The van der Waals surface area contributed by atoms with Crippen LogP contribution in [-0.4, -0.2) is 22.8 Å². The Morgan fingerprint density at radius 2 is 2.33 bits per heavy atom. The molecule has 1 aromatic rings. The molecule has 1 saturated heterocycles. The van der Waals surface area contributed by atoms with Gasteiger partial charge in [0.15, 0.2) is 5.15 Å². The Kier molecular flexibility index (Phi) is 2.93. The molecule has 6 heteroatoms. The zero-order valence-electron chi connectivity index (χ0n) is 7.90. The molecule has 0 aromatic carbocycles. The van der Waals surface area contributed by atoms with E-state index in [2.05, 4.69) is 9.68 Å². The topological polar surface area (TPSA) is 72.6 Å². The molecule has 0 saturated carbocycles. The summed E-state index contributed by atoms with van der Waals surface area (Å²) in [7, 11) is 0. The van der Waals surface area contributed by atoms with Gasteiger partial charge in [-0.3, -0.25) is 0 Å². The van der Waals surface area contributed by atoms with E-state index < -0.39 is 5.97 Å². The maximum atomic E-state index is 10.8. The number of carbonyl (C=O) groups is 1. The smallest absolute Gasteiger partial charge is 0.375 e. The Hall–Kier alpha value is -1.07. The van der Waals surface area contributed by atoms with E-state index in [0.29, 0.717) is 12.2 Å². The number of hydrogen-bond acceptors (Lipinski definition) is 4. The molecule has 0 aliphatic carbocycles. The highest BCUT2D eigenvalue weighted by molar-refractivity contribution is 6.30. The van der Waals surface area contributed by atoms with Crippen LogP contribution in [0.2, 0.25) is 5.15 Å². The first kappa shape index (κ1) is 10.4. The molecule has 82 valence electrons. The number of halogens is 1. The number of rotatable bonds is 2. The van der Waals surface area contributed by atoms with Crippen LogP contribution >= 0.6 is 11.6 Å². The van der Waals surface area contributed by atoms with Crippen molar-refractivity contribution in [2.75, 3.05) is 6.61 Å². The molecule has 1 aliphatic rings. The third-order valence-electron chi connectivity index (χ3n) is 2.38. The van der Waals surface area contributed by atoms with Crippen LogP contribution in [0.3, 0.4) is 0 Å². The van der Waals surface area contributed by atoms with Crippen molar-refractivity contribution in [3.8, 4) is 0 Å². The van der Waals surface area contributed by atoms with Gasteiger partial charge in [-0.15, -0.1) is 0 Å². The zero-order valence-corrected chi connectivity index (χ0v) is 8.66. The van der Waals surface area contributed by atoms with E-state index >= 15 is 0 Å². The van der Waals surface area contributed by atoms with Gasteiger partial charge in [0.1, 0.15) is 0 Å². The Labute approximate surface area is 91.0 Å². The van der Waals surface area contributed by atoms with Crippen LogP contribution < -0.4 is 0 Å². The number of carboxylic acids is 1. The number of aromatic nitrogens is 1. The monoisotopic (exact) mass is 231 g/mol. The van der Waals surface area contributed by atoms with Gasteiger partial charge in [-0.1, -0.05) is 16.8 Å². The molecule has 1 unspecified atom stereocenters. The van der Waals surface area contributed by atoms with Crippen LogP contribution in [0.4, 0.5) is 0 Å². The lowest BCUT2D eigenvalue weighted by molar-refractivity contribution is 0.0132. The first-order valence-electron chi connectivity index (χ1n) is 4.70. The quantitative estimate of drug-likeness (QED) is 0.845. The molecule has 5 nitrogen and oxygen atoms in total. The summed E-state index contributed by atoms with van der Waals surface area (Å²) >= 11 is 5.77. The molecule has 1 fully saturated rings. The first-order valence-corrected chi connectivity index (χ1v) is 5.08. The van der Waals surface area contributed by atoms with Gasteiger partial charge >= 0.3 is 5.97 Å². The van der Waals surface area contributed by atoms with Crippen molar-refractivity contribution in [2.24, 2.45) is 0 Å². The highest BCUT2D eigenvalue weighted by Gasteiger charge is 2.29. The van der Waals surface area contributed by atoms with E-state index in [4.69, 9.17) is 21.4 Å². The molecule has 2 heterocycles. The Morgan fingerprint density at radius 1 is 1.53 bits per heavy atom. The van der Waals surface area contributed by atoms with E-state index in [-0.39, 0.29) is 17.0 Å². The predicted molar refractivity (Wildman–Crippen MR) is 51.0 cm³/mol. The molecule has 0 spiro atoms. The number of nitrogens with zero attached hydrogens (tertiary/aromatic N) is 1. The van der Waals surface area contributed by atoms with E-state index in [1.807, 2.05) is 0 Å². The normalized spacial score (nSPS) is 21.5. The van der Waals surface area contributed by atoms with Gasteiger partial charge in [0, 0.05) is 6.61 Å². The maximum Gasteiger partial charge on any atom is 0.375 e. The van der Waals surface area contributed by atoms with E-state index in [0.717, 1.165) is 19.3 Å². The van der Waals surface area contributed by atoms with E-state index in [1.54, 1.807) is 0 Å². The summed E-state index contributed by atoms with van der Waals surface area (Å²) in [5.74, 6) is -1.38. The Bertz CT molecular complexity index is 370. The predicted octanol–water partition coefficient (Wildman–Crippen LogP) is 2.27. The summed E-state index contributed by atoms with van der Waals surface area (Å²) in [6.07, 6.45) is 2.43. The second-order valence-electron chi connectivity index (χ2n) is 3.38. The molecule has 1 N–H and O–H groups in total.